The van der Waals surface area contributed by atoms with E-state index < -0.39 is 0 Å². The molecule has 0 atom stereocenters. The van der Waals surface area contributed by atoms with Crippen LogP contribution in [-0.4, -0.2) is 30.4 Å². The summed E-state index contributed by atoms with van der Waals surface area (Å²) in [5, 5.41) is 9.12. The van der Waals surface area contributed by atoms with E-state index in [1.807, 2.05) is 56.3 Å². The SMILES string of the molecule is CCNC(=NCc1cccc(C(=O)NC)c1)NCc1coc(-c2ccc(C)cc2)n1. The van der Waals surface area contributed by atoms with Gasteiger partial charge in [0.25, 0.3) is 5.91 Å². The molecule has 1 heterocycles. The third kappa shape index (κ3) is 5.70. The molecule has 156 valence electrons. The van der Waals surface area contributed by atoms with Crippen LogP contribution in [0, 0.1) is 6.92 Å². The number of oxazole rings is 1. The molecule has 3 N–H and O–H groups in total. The fourth-order valence-corrected chi connectivity index (χ4v) is 2.86. The van der Waals surface area contributed by atoms with E-state index >= 15 is 0 Å². The molecule has 0 saturated heterocycles. The molecular formula is C23H27N5O2. The Bertz CT molecular complexity index is 1010. The zero-order valence-electron chi connectivity index (χ0n) is 17.5. The van der Waals surface area contributed by atoms with Gasteiger partial charge in [-0.05, 0) is 43.7 Å². The fraction of sp³-hybridized carbons (Fsp3) is 0.261. The molecule has 0 radical (unpaired) electrons. The highest BCUT2D eigenvalue weighted by Crippen LogP contribution is 2.19. The van der Waals surface area contributed by atoms with Crippen LogP contribution in [0.1, 0.15) is 34.1 Å². The molecule has 0 spiro atoms. The number of guanidine groups is 1. The van der Waals surface area contributed by atoms with Crippen molar-refractivity contribution in [1.82, 2.24) is 20.9 Å². The number of carbonyl (C=O) groups is 1. The minimum Gasteiger partial charge on any atom is -0.444 e. The molecule has 0 saturated carbocycles. The van der Waals surface area contributed by atoms with Gasteiger partial charge in [-0.3, -0.25) is 4.79 Å². The summed E-state index contributed by atoms with van der Waals surface area (Å²) in [6, 6.07) is 15.5. The number of benzene rings is 2. The van der Waals surface area contributed by atoms with Crippen molar-refractivity contribution in [3.8, 4) is 11.5 Å². The van der Waals surface area contributed by atoms with Crippen LogP contribution in [0.2, 0.25) is 0 Å². The third-order valence-electron chi connectivity index (χ3n) is 4.47. The molecule has 0 unspecified atom stereocenters. The van der Waals surface area contributed by atoms with Gasteiger partial charge in [0.2, 0.25) is 5.89 Å². The highest BCUT2D eigenvalue weighted by Gasteiger charge is 2.08. The molecule has 0 aliphatic rings. The van der Waals surface area contributed by atoms with Crippen molar-refractivity contribution in [2.24, 2.45) is 4.99 Å². The zero-order valence-corrected chi connectivity index (χ0v) is 17.5. The summed E-state index contributed by atoms with van der Waals surface area (Å²) < 4.78 is 5.61. The van der Waals surface area contributed by atoms with Crippen LogP contribution < -0.4 is 16.0 Å². The van der Waals surface area contributed by atoms with Gasteiger partial charge >= 0.3 is 0 Å². The Kier molecular flexibility index (Phi) is 7.21. The Labute approximate surface area is 176 Å². The molecule has 30 heavy (non-hydrogen) atoms. The van der Waals surface area contributed by atoms with Gasteiger partial charge in [-0.2, -0.15) is 0 Å². The second-order valence-electron chi connectivity index (χ2n) is 6.84. The van der Waals surface area contributed by atoms with Crippen molar-refractivity contribution in [2.45, 2.75) is 26.9 Å². The highest BCUT2D eigenvalue weighted by atomic mass is 16.3. The van der Waals surface area contributed by atoms with Crippen LogP contribution in [0.15, 0.2) is 64.2 Å². The van der Waals surface area contributed by atoms with E-state index in [4.69, 9.17) is 4.42 Å². The van der Waals surface area contributed by atoms with Crippen LogP contribution >= 0.6 is 0 Å². The Hall–Kier alpha value is -3.61. The number of nitrogens with zero attached hydrogens (tertiary/aromatic N) is 2. The minimum absolute atomic E-state index is 0.110. The summed E-state index contributed by atoms with van der Waals surface area (Å²) in [6.07, 6.45) is 1.65. The van der Waals surface area contributed by atoms with Gasteiger partial charge in [0.1, 0.15) is 6.26 Å². The largest absolute Gasteiger partial charge is 0.444 e. The van der Waals surface area contributed by atoms with Gasteiger partial charge in [-0.15, -0.1) is 0 Å². The molecule has 0 bridgehead atoms. The lowest BCUT2D eigenvalue weighted by atomic mass is 10.1. The summed E-state index contributed by atoms with van der Waals surface area (Å²) in [5.41, 5.74) is 4.51. The number of hydrogen-bond donors (Lipinski definition) is 3. The first-order valence-electron chi connectivity index (χ1n) is 9.93. The molecule has 3 aromatic rings. The van der Waals surface area contributed by atoms with Gasteiger partial charge in [-0.25, -0.2) is 9.98 Å². The number of aryl methyl sites for hydroxylation is 1. The molecule has 0 aliphatic heterocycles. The van der Waals surface area contributed by atoms with Crippen molar-refractivity contribution in [1.29, 1.82) is 0 Å². The second kappa shape index (κ2) is 10.2. The van der Waals surface area contributed by atoms with Gasteiger partial charge in [0.05, 0.1) is 18.8 Å². The monoisotopic (exact) mass is 405 g/mol. The maximum absolute atomic E-state index is 11.8. The van der Waals surface area contributed by atoms with E-state index in [9.17, 15) is 4.79 Å². The molecular weight excluding hydrogens is 378 g/mol. The zero-order chi connectivity index (χ0) is 21.3. The van der Waals surface area contributed by atoms with E-state index in [0.29, 0.717) is 30.5 Å². The van der Waals surface area contributed by atoms with Crippen molar-refractivity contribution in [3.63, 3.8) is 0 Å². The van der Waals surface area contributed by atoms with Crippen LogP contribution in [0.4, 0.5) is 0 Å². The van der Waals surface area contributed by atoms with E-state index in [1.165, 1.54) is 5.56 Å². The molecule has 2 aromatic carbocycles. The average molecular weight is 406 g/mol. The third-order valence-corrected chi connectivity index (χ3v) is 4.47. The normalized spacial score (nSPS) is 11.2. The Morgan fingerprint density at radius 3 is 2.67 bits per heavy atom. The Balaban J connectivity index is 1.63. The first kappa shape index (κ1) is 21.1. The van der Waals surface area contributed by atoms with E-state index in [0.717, 1.165) is 23.4 Å². The maximum atomic E-state index is 11.8. The van der Waals surface area contributed by atoms with Crippen molar-refractivity contribution in [3.05, 3.63) is 77.2 Å². The number of amides is 1. The number of carbonyl (C=O) groups excluding carboxylic acids is 1. The van der Waals surface area contributed by atoms with Crippen molar-refractivity contribution in [2.75, 3.05) is 13.6 Å². The number of aromatic nitrogens is 1. The van der Waals surface area contributed by atoms with E-state index in [1.54, 1.807) is 19.4 Å². The van der Waals surface area contributed by atoms with E-state index in [2.05, 4.69) is 25.9 Å². The Morgan fingerprint density at radius 2 is 1.93 bits per heavy atom. The first-order valence-corrected chi connectivity index (χ1v) is 9.93. The molecule has 0 aliphatic carbocycles. The van der Waals surface area contributed by atoms with Crippen LogP contribution in [0.5, 0.6) is 0 Å². The van der Waals surface area contributed by atoms with Crippen molar-refractivity contribution >= 4 is 11.9 Å². The molecule has 1 aromatic heterocycles. The summed E-state index contributed by atoms with van der Waals surface area (Å²) in [7, 11) is 1.62. The molecule has 1 amide bonds. The number of hydrogen-bond acceptors (Lipinski definition) is 4. The fourth-order valence-electron chi connectivity index (χ4n) is 2.86. The quantitative estimate of drug-likeness (QED) is 0.415. The van der Waals surface area contributed by atoms with Crippen molar-refractivity contribution < 1.29 is 9.21 Å². The smallest absolute Gasteiger partial charge is 0.251 e. The minimum atomic E-state index is -0.110. The van der Waals surface area contributed by atoms with Crippen LogP contribution in [0.3, 0.4) is 0 Å². The van der Waals surface area contributed by atoms with Gasteiger partial charge in [-0.1, -0.05) is 29.8 Å². The summed E-state index contributed by atoms with van der Waals surface area (Å²) >= 11 is 0. The first-order chi connectivity index (χ1) is 14.6. The van der Waals surface area contributed by atoms with Gasteiger partial charge in [0.15, 0.2) is 5.96 Å². The number of aliphatic imine (C=N–C) groups is 1. The topological polar surface area (TPSA) is 91.5 Å². The van der Waals surface area contributed by atoms with E-state index in [-0.39, 0.29) is 5.91 Å². The predicted octanol–water partition coefficient (Wildman–Crippen LogP) is 3.26. The molecule has 0 fully saturated rings. The summed E-state index contributed by atoms with van der Waals surface area (Å²) in [5.74, 6) is 1.16. The number of rotatable bonds is 7. The second-order valence-corrected chi connectivity index (χ2v) is 6.84. The number of nitrogens with one attached hydrogen (secondary N) is 3. The summed E-state index contributed by atoms with van der Waals surface area (Å²) in [6.45, 7) is 5.73. The lowest BCUT2D eigenvalue weighted by Gasteiger charge is -2.10. The standard InChI is InChI=1S/C23H27N5O2/c1-4-25-23(26-13-17-6-5-7-19(12-17)21(29)24-3)27-14-20-15-30-22(28-20)18-10-8-16(2)9-11-18/h5-12,15H,4,13-14H2,1-3H3,(H,24,29)(H2,25,26,27). The Morgan fingerprint density at radius 1 is 1.13 bits per heavy atom. The maximum Gasteiger partial charge on any atom is 0.251 e. The summed E-state index contributed by atoms with van der Waals surface area (Å²) in [4.78, 5) is 20.9. The lowest BCUT2D eigenvalue weighted by molar-refractivity contribution is 0.0963. The van der Waals surface area contributed by atoms with Gasteiger partial charge < -0.3 is 20.4 Å². The van der Waals surface area contributed by atoms with Gasteiger partial charge in [0, 0.05) is 24.7 Å². The predicted molar refractivity (Wildman–Crippen MR) is 118 cm³/mol. The lowest BCUT2D eigenvalue weighted by Crippen LogP contribution is -2.36. The molecule has 7 heteroatoms. The average Bonchev–Trinajstić information content (AvgIpc) is 3.25. The molecule has 3 rings (SSSR count). The highest BCUT2D eigenvalue weighted by molar-refractivity contribution is 5.94. The van der Waals surface area contributed by atoms with Crippen LogP contribution in [0.25, 0.3) is 11.5 Å². The van der Waals surface area contributed by atoms with Crippen LogP contribution in [-0.2, 0) is 13.1 Å². The molecule has 7 nitrogen and oxygen atoms in total.